The van der Waals surface area contributed by atoms with Gasteiger partial charge in [-0.1, -0.05) is 62.6 Å². The van der Waals surface area contributed by atoms with Crippen LogP contribution in [-0.2, 0) is 14.8 Å². The fourth-order valence-electron chi connectivity index (χ4n) is 4.47. The minimum Gasteiger partial charge on any atom is -0.494 e. The molecule has 0 saturated heterocycles. The molecule has 0 heterocycles. The van der Waals surface area contributed by atoms with Crippen molar-refractivity contribution < 1.29 is 17.9 Å². The average molecular weight is 528 g/mol. The molecule has 2 aromatic carbocycles. The van der Waals surface area contributed by atoms with Crippen LogP contribution < -0.4 is 14.5 Å². The Labute approximate surface area is 222 Å². The van der Waals surface area contributed by atoms with Gasteiger partial charge < -0.3 is 4.74 Å². The van der Waals surface area contributed by atoms with Gasteiger partial charge in [0.25, 0.3) is 15.9 Å². The molecule has 0 aliphatic heterocycles. The predicted octanol–water partition coefficient (Wildman–Crippen LogP) is 6.37. The van der Waals surface area contributed by atoms with Gasteiger partial charge >= 0.3 is 0 Å². The van der Waals surface area contributed by atoms with Crippen molar-refractivity contribution >= 4 is 27.3 Å². The highest BCUT2D eigenvalue weighted by molar-refractivity contribution is 7.92. The van der Waals surface area contributed by atoms with E-state index >= 15 is 0 Å². The van der Waals surface area contributed by atoms with Gasteiger partial charge in [-0.3, -0.25) is 9.10 Å². The van der Waals surface area contributed by atoms with Gasteiger partial charge in [-0.25, -0.2) is 13.8 Å². The number of hydrogen-bond acceptors (Lipinski definition) is 5. The molecule has 1 aliphatic rings. The highest BCUT2D eigenvalue weighted by atomic mass is 32.2. The number of sulfonamides is 1. The molecule has 1 aliphatic carbocycles. The largest absolute Gasteiger partial charge is 0.494 e. The van der Waals surface area contributed by atoms with Gasteiger partial charge in [-0.2, -0.15) is 5.10 Å². The van der Waals surface area contributed by atoms with Gasteiger partial charge in [0.05, 0.1) is 17.2 Å². The standard InChI is InChI=1S/C29H41N3O4S/c1-3-36-27-19-17-26(18-20-27)32(37(34,35)28-21-15-24(2)16-22-28)23-29(33)31-30-25-13-11-9-7-5-4-6-8-10-12-14-25/h15-22H,3-14,23H2,1-2H3,(H,31,33). The molecule has 0 aromatic heterocycles. The van der Waals surface area contributed by atoms with Gasteiger partial charge in [0.2, 0.25) is 0 Å². The third kappa shape index (κ3) is 9.18. The molecule has 1 fully saturated rings. The van der Waals surface area contributed by atoms with E-state index in [9.17, 15) is 13.2 Å². The number of nitrogens with one attached hydrogen (secondary N) is 1. The molecule has 0 radical (unpaired) electrons. The Hall–Kier alpha value is -2.87. The lowest BCUT2D eigenvalue weighted by molar-refractivity contribution is -0.119. The van der Waals surface area contributed by atoms with Crippen LogP contribution in [0.3, 0.4) is 0 Å². The molecular formula is C29H41N3O4S. The van der Waals surface area contributed by atoms with Gasteiger partial charge in [0.15, 0.2) is 0 Å². The Bertz CT molecular complexity index is 1100. The third-order valence-corrected chi connectivity index (χ3v) is 8.39. The van der Waals surface area contributed by atoms with Crippen molar-refractivity contribution in [2.45, 2.75) is 89.4 Å². The number of carbonyl (C=O) groups excluding carboxylic acids is 1. The zero-order chi connectivity index (χ0) is 26.5. The fraction of sp³-hybridized carbons (Fsp3) is 0.517. The summed E-state index contributed by atoms with van der Waals surface area (Å²) in [7, 11) is -3.98. The summed E-state index contributed by atoms with van der Waals surface area (Å²) in [6.07, 6.45) is 12.6. The van der Waals surface area contributed by atoms with Crippen LogP contribution in [0.4, 0.5) is 5.69 Å². The normalized spacial score (nSPS) is 15.7. The Morgan fingerprint density at radius 2 is 1.41 bits per heavy atom. The van der Waals surface area contributed by atoms with Crippen molar-refractivity contribution in [3.05, 3.63) is 54.1 Å². The zero-order valence-electron chi connectivity index (χ0n) is 22.2. The van der Waals surface area contributed by atoms with Crippen LogP contribution in [0.2, 0.25) is 0 Å². The second-order valence-corrected chi connectivity index (χ2v) is 11.5. The molecule has 0 atom stereocenters. The summed E-state index contributed by atoms with van der Waals surface area (Å²) in [6, 6.07) is 13.4. The lowest BCUT2D eigenvalue weighted by Gasteiger charge is -2.24. The molecule has 202 valence electrons. The molecule has 8 heteroatoms. The van der Waals surface area contributed by atoms with Crippen molar-refractivity contribution in [1.82, 2.24) is 5.43 Å². The van der Waals surface area contributed by atoms with Gasteiger partial charge in [-0.15, -0.1) is 0 Å². The Morgan fingerprint density at radius 3 is 1.95 bits per heavy atom. The summed E-state index contributed by atoms with van der Waals surface area (Å²) in [5, 5.41) is 4.44. The van der Waals surface area contributed by atoms with Crippen LogP contribution >= 0.6 is 0 Å². The molecule has 37 heavy (non-hydrogen) atoms. The highest BCUT2D eigenvalue weighted by Gasteiger charge is 2.27. The van der Waals surface area contributed by atoms with Crippen LogP contribution in [-0.4, -0.2) is 33.2 Å². The van der Waals surface area contributed by atoms with E-state index in [-0.39, 0.29) is 11.4 Å². The zero-order valence-corrected chi connectivity index (χ0v) is 23.1. The van der Waals surface area contributed by atoms with Gasteiger partial charge in [0.1, 0.15) is 12.3 Å². The molecule has 1 amide bonds. The molecule has 1 N–H and O–H groups in total. The second kappa shape index (κ2) is 14.8. The van der Waals surface area contributed by atoms with E-state index < -0.39 is 15.9 Å². The maximum absolute atomic E-state index is 13.6. The summed E-state index contributed by atoms with van der Waals surface area (Å²) < 4.78 is 33.8. The Morgan fingerprint density at radius 1 is 0.865 bits per heavy atom. The number of ether oxygens (including phenoxy) is 1. The summed E-state index contributed by atoms with van der Waals surface area (Å²) in [5.74, 6) is 0.167. The quantitative estimate of drug-likeness (QED) is 0.404. The smallest absolute Gasteiger partial charge is 0.264 e. The topological polar surface area (TPSA) is 88.1 Å². The van der Waals surface area contributed by atoms with Crippen LogP contribution in [0.25, 0.3) is 0 Å². The minimum atomic E-state index is -3.98. The predicted molar refractivity (Wildman–Crippen MR) is 150 cm³/mol. The van der Waals surface area contributed by atoms with E-state index in [1.165, 1.54) is 44.9 Å². The first-order valence-electron chi connectivity index (χ1n) is 13.6. The number of carbonyl (C=O) groups is 1. The number of nitrogens with zero attached hydrogens (tertiary/aromatic N) is 2. The van der Waals surface area contributed by atoms with Crippen molar-refractivity contribution in [2.24, 2.45) is 5.10 Å². The molecule has 7 nitrogen and oxygen atoms in total. The van der Waals surface area contributed by atoms with Crippen molar-refractivity contribution in [3.8, 4) is 5.75 Å². The summed E-state index contributed by atoms with van der Waals surface area (Å²) in [6.45, 7) is 3.92. The fourth-order valence-corrected chi connectivity index (χ4v) is 5.89. The van der Waals surface area contributed by atoms with Crippen LogP contribution in [0, 0.1) is 6.92 Å². The van der Waals surface area contributed by atoms with Crippen molar-refractivity contribution in [1.29, 1.82) is 0 Å². The Kier molecular flexibility index (Phi) is 11.5. The lowest BCUT2D eigenvalue weighted by atomic mass is 10.00. The number of benzene rings is 2. The lowest BCUT2D eigenvalue weighted by Crippen LogP contribution is -2.39. The molecule has 3 rings (SSSR count). The van der Waals surface area contributed by atoms with Crippen molar-refractivity contribution in [3.63, 3.8) is 0 Å². The highest BCUT2D eigenvalue weighted by Crippen LogP contribution is 2.26. The maximum atomic E-state index is 13.6. The maximum Gasteiger partial charge on any atom is 0.264 e. The molecule has 0 spiro atoms. The van der Waals surface area contributed by atoms with Crippen molar-refractivity contribution in [2.75, 3.05) is 17.5 Å². The number of hydrazone groups is 1. The van der Waals surface area contributed by atoms with E-state index in [4.69, 9.17) is 4.74 Å². The Balaban J connectivity index is 1.77. The van der Waals surface area contributed by atoms with Crippen LogP contribution in [0.15, 0.2) is 58.5 Å². The number of hydrogen-bond donors (Lipinski definition) is 1. The first-order valence-corrected chi connectivity index (χ1v) is 15.0. The number of amides is 1. The van der Waals surface area contributed by atoms with Gasteiger partial charge in [-0.05, 0) is 75.9 Å². The van der Waals surface area contributed by atoms with E-state index in [0.29, 0.717) is 18.0 Å². The number of rotatable bonds is 8. The first kappa shape index (κ1) is 28.7. The van der Waals surface area contributed by atoms with Crippen LogP contribution in [0.1, 0.15) is 83.1 Å². The monoisotopic (exact) mass is 527 g/mol. The second-order valence-electron chi connectivity index (χ2n) is 9.65. The van der Waals surface area contributed by atoms with E-state index in [0.717, 1.165) is 41.3 Å². The first-order chi connectivity index (χ1) is 17.9. The summed E-state index contributed by atoms with van der Waals surface area (Å²) in [5.41, 5.74) is 4.98. The SMILES string of the molecule is CCOc1ccc(N(CC(=O)NN=C2CCCCCCCCCCC2)S(=O)(=O)c2ccc(C)cc2)cc1. The van der Waals surface area contributed by atoms with E-state index in [1.54, 1.807) is 48.5 Å². The molecule has 2 aromatic rings. The molecule has 0 bridgehead atoms. The van der Waals surface area contributed by atoms with Crippen LogP contribution in [0.5, 0.6) is 5.75 Å². The van der Waals surface area contributed by atoms with E-state index in [2.05, 4.69) is 10.5 Å². The van der Waals surface area contributed by atoms with E-state index in [1.807, 2.05) is 13.8 Å². The molecule has 1 saturated carbocycles. The summed E-state index contributed by atoms with van der Waals surface area (Å²) >= 11 is 0. The third-order valence-electron chi connectivity index (χ3n) is 6.60. The van der Waals surface area contributed by atoms with Gasteiger partial charge in [0, 0.05) is 5.71 Å². The molecular weight excluding hydrogens is 486 g/mol. The summed E-state index contributed by atoms with van der Waals surface area (Å²) in [4.78, 5) is 13.1. The number of anilines is 1. The number of aryl methyl sites for hydroxylation is 1. The molecule has 0 unspecified atom stereocenters. The average Bonchev–Trinajstić information content (AvgIpc) is 2.88. The minimum absolute atomic E-state index is 0.130.